The van der Waals surface area contributed by atoms with Crippen molar-refractivity contribution in [2.24, 2.45) is 0 Å². The molecular formula is C25H23FN2O4. The molecule has 2 atom stereocenters. The van der Waals surface area contributed by atoms with Gasteiger partial charge in [0.05, 0.1) is 0 Å². The summed E-state index contributed by atoms with van der Waals surface area (Å²) in [6.07, 6.45) is 0.167. The van der Waals surface area contributed by atoms with Gasteiger partial charge in [-0.3, -0.25) is 9.59 Å². The number of amides is 2. The van der Waals surface area contributed by atoms with Crippen molar-refractivity contribution in [3.8, 4) is 0 Å². The molecule has 3 aromatic carbocycles. The number of aliphatic carboxylic acids is 1. The summed E-state index contributed by atoms with van der Waals surface area (Å²) in [4.78, 5) is 37.4. The Balaban J connectivity index is 1.78. The van der Waals surface area contributed by atoms with Gasteiger partial charge < -0.3 is 15.7 Å². The van der Waals surface area contributed by atoms with E-state index in [1.807, 2.05) is 6.07 Å². The van der Waals surface area contributed by atoms with Gasteiger partial charge in [0.2, 0.25) is 5.91 Å². The third kappa shape index (κ3) is 6.50. The number of nitrogens with one attached hydrogen (secondary N) is 2. The van der Waals surface area contributed by atoms with Gasteiger partial charge in [-0.2, -0.15) is 0 Å². The smallest absolute Gasteiger partial charge is 0.326 e. The van der Waals surface area contributed by atoms with E-state index in [0.29, 0.717) is 11.1 Å². The summed E-state index contributed by atoms with van der Waals surface area (Å²) < 4.78 is 13.3. The first kappa shape index (κ1) is 22.7. The maximum absolute atomic E-state index is 13.3. The summed E-state index contributed by atoms with van der Waals surface area (Å²) in [5.41, 5.74) is 1.74. The van der Waals surface area contributed by atoms with Crippen LogP contribution in [-0.4, -0.2) is 35.0 Å². The largest absolute Gasteiger partial charge is 0.480 e. The lowest BCUT2D eigenvalue weighted by molar-refractivity contribution is -0.142. The maximum Gasteiger partial charge on any atom is 0.326 e. The van der Waals surface area contributed by atoms with E-state index in [2.05, 4.69) is 10.6 Å². The van der Waals surface area contributed by atoms with Crippen LogP contribution in [0, 0.1) is 5.82 Å². The molecule has 0 saturated heterocycles. The fourth-order valence-electron chi connectivity index (χ4n) is 3.22. The average Bonchev–Trinajstić information content (AvgIpc) is 2.80. The Bertz CT molecular complexity index is 1060. The minimum absolute atomic E-state index is 0.0718. The Hall–Kier alpha value is -4.00. The Morgan fingerprint density at radius 1 is 0.719 bits per heavy atom. The normalized spacial score (nSPS) is 12.4. The average molecular weight is 434 g/mol. The molecule has 0 radical (unpaired) electrons. The highest BCUT2D eigenvalue weighted by atomic mass is 19.1. The van der Waals surface area contributed by atoms with E-state index >= 15 is 0 Å². The number of carbonyl (C=O) groups is 3. The van der Waals surface area contributed by atoms with Crippen molar-refractivity contribution >= 4 is 17.8 Å². The molecule has 2 amide bonds. The van der Waals surface area contributed by atoms with Gasteiger partial charge in [0, 0.05) is 18.4 Å². The van der Waals surface area contributed by atoms with Crippen LogP contribution in [0.3, 0.4) is 0 Å². The molecule has 0 spiro atoms. The molecule has 0 aliphatic carbocycles. The molecule has 0 aromatic heterocycles. The Morgan fingerprint density at radius 3 is 1.84 bits per heavy atom. The zero-order chi connectivity index (χ0) is 22.9. The second-order valence-electron chi connectivity index (χ2n) is 7.31. The number of hydrogen-bond donors (Lipinski definition) is 3. The van der Waals surface area contributed by atoms with Crippen LogP contribution in [0.4, 0.5) is 4.39 Å². The fourth-order valence-corrected chi connectivity index (χ4v) is 3.22. The number of rotatable bonds is 9. The van der Waals surface area contributed by atoms with Crippen molar-refractivity contribution in [2.45, 2.75) is 24.9 Å². The standard InChI is InChI=1S/C25H23FN2O4/c26-20-13-11-18(12-14-20)15-21(27-23(29)19-9-5-2-6-10-19)24(30)28-22(25(31)32)16-17-7-3-1-4-8-17/h1-14,21-22H,15-16H2,(H,27,29)(H,28,30)(H,31,32)/t21-,22-/m1/s1. The highest BCUT2D eigenvalue weighted by Crippen LogP contribution is 2.09. The highest BCUT2D eigenvalue weighted by Gasteiger charge is 2.27. The number of halogens is 1. The van der Waals surface area contributed by atoms with Crippen LogP contribution in [0.15, 0.2) is 84.9 Å². The summed E-state index contributed by atoms with van der Waals surface area (Å²) in [6.45, 7) is 0. The first-order chi connectivity index (χ1) is 15.4. The van der Waals surface area contributed by atoms with E-state index in [0.717, 1.165) is 5.56 Å². The summed E-state index contributed by atoms with van der Waals surface area (Å²) in [6, 6.07) is 20.6. The number of benzene rings is 3. The van der Waals surface area contributed by atoms with Crippen LogP contribution in [0.2, 0.25) is 0 Å². The van der Waals surface area contributed by atoms with Crippen LogP contribution >= 0.6 is 0 Å². The lowest BCUT2D eigenvalue weighted by Gasteiger charge is -2.22. The van der Waals surface area contributed by atoms with Crippen molar-refractivity contribution in [2.75, 3.05) is 0 Å². The van der Waals surface area contributed by atoms with Crippen molar-refractivity contribution in [1.29, 1.82) is 0 Å². The SMILES string of the molecule is O=C(N[C@H](Cc1ccc(F)cc1)C(=O)N[C@H](Cc1ccccc1)C(=O)O)c1ccccc1. The first-order valence-electron chi connectivity index (χ1n) is 10.1. The van der Waals surface area contributed by atoms with Crippen LogP contribution in [-0.2, 0) is 22.4 Å². The van der Waals surface area contributed by atoms with Gasteiger partial charge in [-0.1, -0.05) is 60.7 Å². The lowest BCUT2D eigenvalue weighted by atomic mass is 10.0. The Morgan fingerprint density at radius 2 is 1.25 bits per heavy atom. The van der Waals surface area contributed by atoms with E-state index in [1.54, 1.807) is 54.6 Å². The van der Waals surface area contributed by atoms with Crippen LogP contribution in [0.5, 0.6) is 0 Å². The molecule has 0 aliphatic rings. The second kappa shape index (κ2) is 10.9. The predicted molar refractivity (Wildman–Crippen MR) is 118 cm³/mol. The lowest BCUT2D eigenvalue weighted by Crippen LogP contribution is -2.53. The maximum atomic E-state index is 13.3. The molecule has 0 aliphatic heterocycles. The van der Waals surface area contributed by atoms with Crippen LogP contribution in [0.1, 0.15) is 21.5 Å². The molecule has 164 valence electrons. The van der Waals surface area contributed by atoms with Crippen molar-refractivity contribution in [1.82, 2.24) is 10.6 Å². The molecular weight excluding hydrogens is 411 g/mol. The van der Waals surface area contributed by atoms with Gasteiger partial charge in [0.15, 0.2) is 0 Å². The predicted octanol–water partition coefficient (Wildman–Crippen LogP) is 2.98. The minimum atomic E-state index is -1.18. The third-order valence-corrected chi connectivity index (χ3v) is 4.91. The zero-order valence-corrected chi connectivity index (χ0v) is 17.2. The molecule has 3 rings (SSSR count). The Kier molecular flexibility index (Phi) is 7.70. The summed E-state index contributed by atoms with van der Waals surface area (Å²) in [7, 11) is 0. The van der Waals surface area contributed by atoms with E-state index < -0.39 is 35.7 Å². The molecule has 7 heteroatoms. The zero-order valence-electron chi connectivity index (χ0n) is 17.2. The quantitative estimate of drug-likeness (QED) is 0.483. The van der Waals surface area contributed by atoms with Crippen molar-refractivity contribution in [3.05, 3.63) is 107 Å². The monoisotopic (exact) mass is 434 g/mol. The van der Waals surface area contributed by atoms with Crippen molar-refractivity contribution < 1.29 is 23.9 Å². The van der Waals surface area contributed by atoms with Gasteiger partial charge in [0.25, 0.3) is 5.91 Å². The summed E-state index contributed by atoms with van der Waals surface area (Å²) in [5.74, 6) is -2.71. The second-order valence-corrected chi connectivity index (χ2v) is 7.31. The Labute approximate surface area is 185 Å². The molecule has 0 fully saturated rings. The molecule has 3 N–H and O–H groups in total. The highest BCUT2D eigenvalue weighted by molar-refractivity contribution is 5.98. The van der Waals surface area contributed by atoms with E-state index in [-0.39, 0.29) is 12.8 Å². The van der Waals surface area contributed by atoms with Crippen LogP contribution < -0.4 is 10.6 Å². The molecule has 0 bridgehead atoms. The van der Waals surface area contributed by atoms with Gasteiger partial charge in [-0.05, 0) is 35.4 Å². The molecule has 32 heavy (non-hydrogen) atoms. The third-order valence-electron chi connectivity index (χ3n) is 4.91. The van der Waals surface area contributed by atoms with Crippen molar-refractivity contribution in [3.63, 3.8) is 0 Å². The van der Waals surface area contributed by atoms with Gasteiger partial charge in [-0.15, -0.1) is 0 Å². The van der Waals surface area contributed by atoms with Gasteiger partial charge in [0.1, 0.15) is 17.9 Å². The molecule has 6 nitrogen and oxygen atoms in total. The molecule has 3 aromatic rings. The molecule has 0 saturated carbocycles. The topological polar surface area (TPSA) is 95.5 Å². The molecule has 0 heterocycles. The minimum Gasteiger partial charge on any atom is -0.480 e. The van der Waals surface area contributed by atoms with E-state index in [9.17, 15) is 23.9 Å². The number of hydrogen-bond acceptors (Lipinski definition) is 3. The number of carbonyl (C=O) groups excluding carboxylic acids is 2. The summed E-state index contributed by atoms with van der Waals surface area (Å²) in [5, 5.41) is 14.8. The first-order valence-corrected chi connectivity index (χ1v) is 10.1. The number of carboxylic acid groups (broad SMARTS) is 1. The molecule has 0 unspecified atom stereocenters. The van der Waals surface area contributed by atoms with E-state index in [1.165, 1.54) is 24.3 Å². The van der Waals surface area contributed by atoms with E-state index in [4.69, 9.17) is 0 Å². The fraction of sp³-hybridized carbons (Fsp3) is 0.160. The van der Waals surface area contributed by atoms with Gasteiger partial charge >= 0.3 is 5.97 Å². The van der Waals surface area contributed by atoms with Gasteiger partial charge in [-0.25, -0.2) is 9.18 Å². The summed E-state index contributed by atoms with van der Waals surface area (Å²) >= 11 is 0. The number of carboxylic acids is 1. The van der Waals surface area contributed by atoms with Crippen LogP contribution in [0.25, 0.3) is 0 Å².